The SMILES string of the molecule is CC(=O)NNc1ccc(C#N)cc1. The Balaban J connectivity index is 2.60. The van der Waals surface area contributed by atoms with Gasteiger partial charge in [-0.1, -0.05) is 0 Å². The van der Waals surface area contributed by atoms with E-state index in [-0.39, 0.29) is 5.91 Å². The standard InChI is InChI=1S/C9H9N3O/c1-7(13)11-12-9-4-2-8(6-10)3-5-9/h2-5,12H,1H3,(H,11,13). The van der Waals surface area contributed by atoms with Crippen LogP contribution in [0, 0.1) is 11.3 Å². The number of nitrogens with one attached hydrogen (secondary N) is 2. The summed E-state index contributed by atoms with van der Waals surface area (Å²) < 4.78 is 0. The Hall–Kier alpha value is -2.02. The first-order valence-corrected chi connectivity index (χ1v) is 3.75. The molecule has 13 heavy (non-hydrogen) atoms. The van der Waals surface area contributed by atoms with Crippen LogP contribution in [0.5, 0.6) is 0 Å². The molecule has 0 saturated heterocycles. The Bertz CT molecular complexity index is 337. The molecule has 4 heteroatoms. The summed E-state index contributed by atoms with van der Waals surface area (Å²) in [7, 11) is 0. The summed E-state index contributed by atoms with van der Waals surface area (Å²) in [6, 6.07) is 8.78. The van der Waals surface area contributed by atoms with Gasteiger partial charge in [-0.2, -0.15) is 5.26 Å². The van der Waals surface area contributed by atoms with Crippen LogP contribution in [0.1, 0.15) is 12.5 Å². The summed E-state index contributed by atoms with van der Waals surface area (Å²) in [5.74, 6) is -0.163. The average molecular weight is 175 g/mol. The average Bonchev–Trinajstić information content (AvgIpc) is 2.15. The van der Waals surface area contributed by atoms with Crippen molar-refractivity contribution in [3.05, 3.63) is 29.8 Å². The zero-order valence-electron chi connectivity index (χ0n) is 7.16. The highest BCUT2D eigenvalue weighted by Crippen LogP contribution is 2.06. The maximum atomic E-state index is 10.5. The summed E-state index contributed by atoms with van der Waals surface area (Å²) in [4.78, 5) is 10.5. The molecule has 0 aromatic heterocycles. The lowest BCUT2D eigenvalue weighted by Gasteiger charge is -2.05. The molecule has 0 radical (unpaired) electrons. The molecular formula is C9H9N3O. The highest BCUT2D eigenvalue weighted by atomic mass is 16.2. The third-order valence-electron chi connectivity index (χ3n) is 1.40. The van der Waals surface area contributed by atoms with Gasteiger partial charge in [0.1, 0.15) is 0 Å². The van der Waals surface area contributed by atoms with Crippen molar-refractivity contribution in [1.29, 1.82) is 5.26 Å². The fourth-order valence-corrected chi connectivity index (χ4v) is 0.788. The summed E-state index contributed by atoms with van der Waals surface area (Å²) in [6.45, 7) is 1.41. The molecule has 1 rings (SSSR count). The van der Waals surface area contributed by atoms with Gasteiger partial charge in [-0.15, -0.1) is 0 Å². The maximum absolute atomic E-state index is 10.5. The van der Waals surface area contributed by atoms with Gasteiger partial charge >= 0.3 is 0 Å². The lowest BCUT2D eigenvalue weighted by molar-refractivity contribution is -0.118. The van der Waals surface area contributed by atoms with Crippen molar-refractivity contribution in [3.8, 4) is 6.07 Å². The molecule has 0 aliphatic rings. The predicted molar refractivity (Wildman–Crippen MR) is 48.6 cm³/mol. The van der Waals surface area contributed by atoms with Crippen LogP contribution in [-0.4, -0.2) is 5.91 Å². The molecule has 2 N–H and O–H groups in total. The van der Waals surface area contributed by atoms with Crippen molar-refractivity contribution in [3.63, 3.8) is 0 Å². The van der Waals surface area contributed by atoms with Crippen LogP contribution in [0.15, 0.2) is 24.3 Å². The van der Waals surface area contributed by atoms with E-state index in [4.69, 9.17) is 5.26 Å². The van der Waals surface area contributed by atoms with Crippen LogP contribution in [0.2, 0.25) is 0 Å². The Morgan fingerprint density at radius 3 is 2.46 bits per heavy atom. The van der Waals surface area contributed by atoms with Gasteiger partial charge in [0.15, 0.2) is 0 Å². The lowest BCUT2D eigenvalue weighted by atomic mass is 10.2. The van der Waals surface area contributed by atoms with Crippen LogP contribution in [0.3, 0.4) is 0 Å². The van der Waals surface area contributed by atoms with Gasteiger partial charge < -0.3 is 0 Å². The molecule has 1 amide bonds. The van der Waals surface area contributed by atoms with Gasteiger partial charge in [-0.05, 0) is 24.3 Å². The normalized spacial score (nSPS) is 8.62. The van der Waals surface area contributed by atoms with E-state index in [0.717, 1.165) is 5.69 Å². The van der Waals surface area contributed by atoms with Crippen molar-refractivity contribution in [2.45, 2.75) is 6.92 Å². The number of nitrogens with zero attached hydrogens (tertiary/aromatic N) is 1. The number of amides is 1. The highest BCUT2D eigenvalue weighted by Gasteiger charge is 1.92. The summed E-state index contributed by atoms with van der Waals surface area (Å²) in [5.41, 5.74) is 6.45. The molecule has 0 atom stereocenters. The minimum Gasteiger partial charge on any atom is -0.299 e. The van der Waals surface area contributed by atoms with E-state index in [0.29, 0.717) is 5.56 Å². The Morgan fingerprint density at radius 2 is 2.00 bits per heavy atom. The van der Waals surface area contributed by atoms with E-state index in [1.807, 2.05) is 6.07 Å². The van der Waals surface area contributed by atoms with Crippen molar-refractivity contribution in [2.24, 2.45) is 0 Å². The van der Waals surface area contributed by atoms with Crippen molar-refractivity contribution in [1.82, 2.24) is 5.43 Å². The van der Waals surface area contributed by atoms with E-state index < -0.39 is 0 Å². The van der Waals surface area contributed by atoms with Gasteiger partial charge in [-0.3, -0.25) is 15.6 Å². The molecule has 0 spiro atoms. The predicted octanol–water partition coefficient (Wildman–Crippen LogP) is 1.02. The van der Waals surface area contributed by atoms with E-state index in [1.54, 1.807) is 24.3 Å². The molecule has 0 unspecified atom stereocenters. The zero-order valence-corrected chi connectivity index (χ0v) is 7.16. The van der Waals surface area contributed by atoms with Gasteiger partial charge in [0.25, 0.3) is 0 Å². The Labute approximate surface area is 76.2 Å². The molecule has 4 nitrogen and oxygen atoms in total. The molecule has 0 heterocycles. The molecule has 1 aromatic carbocycles. The molecule has 0 aliphatic heterocycles. The number of benzene rings is 1. The lowest BCUT2D eigenvalue weighted by Crippen LogP contribution is -2.26. The first-order chi connectivity index (χ1) is 6.22. The molecule has 0 aliphatic carbocycles. The van der Waals surface area contributed by atoms with Crippen LogP contribution in [0.25, 0.3) is 0 Å². The topological polar surface area (TPSA) is 64.9 Å². The van der Waals surface area contributed by atoms with Crippen LogP contribution in [0.4, 0.5) is 5.69 Å². The van der Waals surface area contributed by atoms with Gasteiger partial charge in [0.05, 0.1) is 17.3 Å². The van der Waals surface area contributed by atoms with Crippen LogP contribution < -0.4 is 10.9 Å². The molecule has 1 aromatic rings. The fourth-order valence-electron chi connectivity index (χ4n) is 0.788. The summed E-state index contributed by atoms with van der Waals surface area (Å²) in [5, 5.41) is 8.51. The Kier molecular flexibility index (Phi) is 2.87. The number of hydrogen-bond acceptors (Lipinski definition) is 3. The number of hydrazine groups is 1. The monoisotopic (exact) mass is 175 g/mol. The highest BCUT2D eigenvalue weighted by molar-refractivity contribution is 5.74. The molecule has 0 saturated carbocycles. The Morgan fingerprint density at radius 1 is 1.38 bits per heavy atom. The van der Waals surface area contributed by atoms with Crippen molar-refractivity contribution in [2.75, 3.05) is 5.43 Å². The first-order valence-electron chi connectivity index (χ1n) is 3.75. The third-order valence-corrected chi connectivity index (χ3v) is 1.40. The minimum absolute atomic E-state index is 0.163. The summed E-state index contributed by atoms with van der Waals surface area (Å²) in [6.07, 6.45) is 0. The zero-order chi connectivity index (χ0) is 9.68. The van der Waals surface area contributed by atoms with E-state index >= 15 is 0 Å². The van der Waals surface area contributed by atoms with Crippen LogP contribution >= 0.6 is 0 Å². The second-order valence-electron chi connectivity index (χ2n) is 2.50. The third kappa shape index (κ3) is 2.83. The number of carbonyl (C=O) groups excluding carboxylic acids is 1. The number of nitriles is 1. The molecule has 0 fully saturated rings. The van der Waals surface area contributed by atoms with Gasteiger partial charge in [0.2, 0.25) is 5.91 Å². The van der Waals surface area contributed by atoms with Gasteiger partial charge in [-0.25, -0.2) is 0 Å². The number of carbonyl (C=O) groups is 1. The molecular weight excluding hydrogens is 166 g/mol. The maximum Gasteiger partial charge on any atom is 0.235 e. The summed E-state index contributed by atoms with van der Waals surface area (Å²) >= 11 is 0. The largest absolute Gasteiger partial charge is 0.299 e. The molecule has 0 bridgehead atoms. The quantitative estimate of drug-likeness (QED) is 0.659. The fraction of sp³-hybridized carbons (Fsp3) is 0.111. The van der Waals surface area contributed by atoms with E-state index in [1.165, 1.54) is 6.92 Å². The first kappa shape index (κ1) is 9.07. The second kappa shape index (κ2) is 4.12. The van der Waals surface area contributed by atoms with Crippen LogP contribution in [-0.2, 0) is 4.79 Å². The van der Waals surface area contributed by atoms with E-state index in [9.17, 15) is 4.79 Å². The van der Waals surface area contributed by atoms with Gasteiger partial charge in [0, 0.05) is 6.92 Å². The number of hydrogen-bond donors (Lipinski definition) is 2. The number of rotatable bonds is 2. The van der Waals surface area contributed by atoms with E-state index in [2.05, 4.69) is 10.9 Å². The van der Waals surface area contributed by atoms with Crippen molar-refractivity contribution < 1.29 is 4.79 Å². The van der Waals surface area contributed by atoms with Crippen molar-refractivity contribution >= 4 is 11.6 Å². The minimum atomic E-state index is -0.163. The molecule has 66 valence electrons. The number of anilines is 1. The smallest absolute Gasteiger partial charge is 0.235 e. The second-order valence-corrected chi connectivity index (χ2v) is 2.50.